The molecule has 1 heterocycles. The van der Waals surface area contributed by atoms with E-state index >= 15 is 0 Å². The third-order valence-electron chi connectivity index (χ3n) is 6.84. The molecule has 0 aromatic carbocycles. The first kappa shape index (κ1) is 15.3. The second-order valence-corrected chi connectivity index (χ2v) is 8.46. The molecule has 3 aliphatic rings. The van der Waals surface area contributed by atoms with Gasteiger partial charge in [0.15, 0.2) is 0 Å². The number of amides is 1. The quantitative estimate of drug-likeness (QED) is 0.866. The fourth-order valence-corrected chi connectivity index (χ4v) is 5.62. The van der Waals surface area contributed by atoms with Crippen LogP contribution in [0, 0.1) is 28.6 Å². The lowest BCUT2D eigenvalue weighted by Crippen LogP contribution is -2.60. The van der Waals surface area contributed by atoms with Gasteiger partial charge in [-0.15, -0.1) is 0 Å². The highest BCUT2D eigenvalue weighted by molar-refractivity contribution is 5.78. The summed E-state index contributed by atoms with van der Waals surface area (Å²) < 4.78 is 6.04. The zero-order chi connectivity index (χ0) is 15.4. The molecule has 3 rings (SSSR count). The molecular formula is C18H31NO2. The van der Waals surface area contributed by atoms with Gasteiger partial charge in [0.25, 0.3) is 0 Å². The summed E-state index contributed by atoms with van der Waals surface area (Å²) in [5.41, 5.74) is 0.508. The highest BCUT2D eigenvalue weighted by atomic mass is 16.5. The Morgan fingerprint density at radius 1 is 1.38 bits per heavy atom. The van der Waals surface area contributed by atoms with E-state index < -0.39 is 0 Å². The van der Waals surface area contributed by atoms with Gasteiger partial charge in [0, 0.05) is 18.6 Å². The molecule has 1 N–H and O–H groups in total. The van der Waals surface area contributed by atoms with Gasteiger partial charge >= 0.3 is 0 Å². The van der Waals surface area contributed by atoms with E-state index in [0.29, 0.717) is 18.1 Å². The zero-order valence-electron chi connectivity index (χ0n) is 14.2. The smallest absolute Gasteiger partial charge is 0.222 e. The van der Waals surface area contributed by atoms with Crippen molar-refractivity contribution in [1.29, 1.82) is 0 Å². The monoisotopic (exact) mass is 293 g/mol. The predicted molar refractivity (Wildman–Crippen MR) is 83.8 cm³/mol. The van der Waals surface area contributed by atoms with Gasteiger partial charge in [0.1, 0.15) is 0 Å². The second kappa shape index (κ2) is 4.97. The van der Waals surface area contributed by atoms with E-state index in [-0.39, 0.29) is 22.7 Å². The van der Waals surface area contributed by atoms with Crippen molar-refractivity contribution in [1.82, 2.24) is 5.32 Å². The molecule has 0 aromatic heterocycles. The molecule has 1 unspecified atom stereocenters. The van der Waals surface area contributed by atoms with Crippen LogP contribution in [0.4, 0.5) is 0 Å². The van der Waals surface area contributed by atoms with Crippen LogP contribution in [0.25, 0.3) is 0 Å². The van der Waals surface area contributed by atoms with E-state index in [1.165, 1.54) is 12.8 Å². The second-order valence-electron chi connectivity index (χ2n) is 8.46. The molecule has 21 heavy (non-hydrogen) atoms. The van der Waals surface area contributed by atoms with Crippen molar-refractivity contribution in [3.05, 3.63) is 0 Å². The first-order valence-electron chi connectivity index (χ1n) is 8.75. The summed E-state index contributed by atoms with van der Waals surface area (Å²) in [5, 5.41) is 3.44. The molecule has 2 aliphatic carbocycles. The minimum atomic E-state index is 0.0663. The molecule has 1 spiro atoms. The third kappa shape index (κ3) is 2.07. The van der Waals surface area contributed by atoms with Crippen molar-refractivity contribution in [2.45, 2.75) is 72.4 Å². The van der Waals surface area contributed by atoms with Crippen LogP contribution in [0.5, 0.6) is 0 Å². The van der Waals surface area contributed by atoms with Gasteiger partial charge < -0.3 is 10.1 Å². The number of ether oxygens (including phenoxy) is 1. The molecular weight excluding hydrogens is 262 g/mol. The van der Waals surface area contributed by atoms with Crippen LogP contribution in [-0.2, 0) is 9.53 Å². The van der Waals surface area contributed by atoms with Crippen molar-refractivity contribution in [3.8, 4) is 0 Å². The lowest BCUT2D eigenvalue weighted by molar-refractivity contribution is -0.138. The Morgan fingerprint density at radius 2 is 2.10 bits per heavy atom. The average molecular weight is 293 g/mol. The van der Waals surface area contributed by atoms with Crippen molar-refractivity contribution in [3.63, 3.8) is 0 Å². The first-order chi connectivity index (χ1) is 9.83. The molecule has 3 heteroatoms. The van der Waals surface area contributed by atoms with E-state index in [4.69, 9.17) is 4.74 Å². The van der Waals surface area contributed by atoms with E-state index in [1.807, 2.05) is 13.8 Å². The number of carbonyl (C=O) groups excluding carboxylic acids is 1. The van der Waals surface area contributed by atoms with Crippen LogP contribution in [0.3, 0.4) is 0 Å². The maximum Gasteiger partial charge on any atom is 0.222 e. The van der Waals surface area contributed by atoms with Crippen LogP contribution < -0.4 is 5.32 Å². The highest BCUT2D eigenvalue weighted by Gasteiger charge is 2.68. The standard InChI is InChI=1S/C18H31NO2/c1-6-14-13-9-12-10-18(13,7-8-21-14)16(17(12,4)5)19-15(20)11(2)3/h11-14,16H,6-10H2,1-5H3,(H,19,20)/t12-,13-,14-,16+,18?/m1/s1. The fourth-order valence-electron chi connectivity index (χ4n) is 5.62. The van der Waals surface area contributed by atoms with Gasteiger partial charge in [-0.2, -0.15) is 0 Å². The van der Waals surface area contributed by atoms with E-state index in [9.17, 15) is 4.79 Å². The van der Waals surface area contributed by atoms with E-state index in [0.717, 1.165) is 25.4 Å². The summed E-state index contributed by atoms with van der Waals surface area (Å²) in [6.45, 7) is 11.8. The number of rotatable bonds is 3. The molecule has 1 saturated heterocycles. The van der Waals surface area contributed by atoms with Gasteiger partial charge in [-0.1, -0.05) is 34.6 Å². The van der Waals surface area contributed by atoms with E-state index in [2.05, 4.69) is 26.1 Å². The Morgan fingerprint density at radius 3 is 2.71 bits per heavy atom. The average Bonchev–Trinajstić information content (AvgIpc) is 2.91. The minimum absolute atomic E-state index is 0.0663. The molecule has 1 amide bonds. The van der Waals surface area contributed by atoms with Gasteiger partial charge in [0.2, 0.25) is 5.91 Å². The Bertz CT molecular complexity index is 431. The van der Waals surface area contributed by atoms with Crippen molar-refractivity contribution in [2.75, 3.05) is 6.61 Å². The molecule has 120 valence electrons. The Labute approximate surface area is 129 Å². The SMILES string of the molecule is CC[C@H]1OCCC23C[C@@H](C[C@H]12)C(C)(C)[C@@H]3NC(=O)C(C)C. The highest BCUT2D eigenvalue weighted by Crippen LogP contribution is 2.68. The molecule has 3 fully saturated rings. The van der Waals surface area contributed by atoms with Gasteiger partial charge in [-0.05, 0) is 48.3 Å². The summed E-state index contributed by atoms with van der Waals surface area (Å²) >= 11 is 0. The van der Waals surface area contributed by atoms with Crippen molar-refractivity contribution in [2.24, 2.45) is 28.6 Å². The number of fused-ring (bicyclic) bond motifs is 1. The zero-order valence-corrected chi connectivity index (χ0v) is 14.2. The van der Waals surface area contributed by atoms with Crippen LogP contribution in [0.2, 0.25) is 0 Å². The molecule has 3 nitrogen and oxygen atoms in total. The number of hydrogen-bond donors (Lipinski definition) is 1. The summed E-state index contributed by atoms with van der Waals surface area (Å²) in [6, 6.07) is 0.321. The Balaban J connectivity index is 1.91. The normalized spacial score (nSPS) is 43.9. The van der Waals surface area contributed by atoms with Gasteiger partial charge in [-0.3, -0.25) is 4.79 Å². The summed E-state index contributed by atoms with van der Waals surface area (Å²) in [6.07, 6.45) is 5.20. The topological polar surface area (TPSA) is 38.3 Å². The van der Waals surface area contributed by atoms with Crippen molar-refractivity contribution >= 4 is 5.91 Å². The van der Waals surface area contributed by atoms with Gasteiger partial charge in [0.05, 0.1) is 6.10 Å². The van der Waals surface area contributed by atoms with E-state index in [1.54, 1.807) is 0 Å². The third-order valence-corrected chi connectivity index (χ3v) is 6.84. The number of hydrogen-bond acceptors (Lipinski definition) is 2. The molecule has 2 bridgehead atoms. The summed E-state index contributed by atoms with van der Waals surface area (Å²) in [4.78, 5) is 12.3. The summed E-state index contributed by atoms with van der Waals surface area (Å²) in [7, 11) is 0. The Kier molecular flexibility index (Phi) is 3.63. The van der Waals surface area contributed by atoms with Crippen LogP contribution in [0.15, 0.2) is 0 Å². The Hall–Kier alpha value is -0.570. The maximum absolute atomic E-state index is 12.3. The number of carbonyl (C=O) groups is 1. The van der Waals surface area contributed by atoms with Crippen LogP contribution in [-0.4, -0.2) is 24.7 Å². The van der Waals surface area contributed by atoms with Crippen LogP contribution in [0.1, 0.15) is 60.3 Å². The van der Waals surface area contributed by atoms with Crippen LogP contribution >= 0.6 is 0 Å². The maximum atomic E-state index is 12.3. The summed E-state index contributed by atoms with van der Waals surface area (Å²) in [5.74, 6) is 1.66. The number of nitrogens with one attached hydrogen (secondary N) is 1. The molecule has 0 radical (unpaired) electrons. The largest absolute Gasteiger partial charge is 0.378 e. The van der Waals surface area contributed by atoms with Crippen molar-refractivity contribution < 1.29 is 9.53 Å². The first-order valence-corrected chi connectivity index (χ1v) is 8.75. The molecule has 2 saturated carbocycles. The lowest BCUT2D eigenvalue weighted by Gasteiger charge is -2.53. The predicted octanol–water partition coefficient (Wildman–Crippen LogP) is 3.38. The minimum Gasteiger partial charge on any atom is -0.378 e. The fraction of sp³-hybridized carbons (Fsp3) is 0.944. The van der Waals surface area contributed by atoms with Gasteiger partial charge in [-0.25, -0.2) is 0 Å². The molecule has 1 aliphatic heterocycles. The molecule has 5 atom stereocenters. The molecule has 0 aromatic rings. The lowest BCUT2D eigenvalue weighted by atomic mass is 9.59.